The molecule has 41 heavy (non-hydrogen) atoms. The van der Waals surface area contributed by atoms with E-state index in [1.165, 1.54) is 41.2 Å². The summed E-state index contributed by atoms with van der Waals surface area (Å²) in [7, 11) is 0. The molecule has 10 nitrogen and oxygen atoms in total. The number of hydrogen-bond acceptors (Lipinski definition) is 6. The fourth-order valence-electron chi connectivity index (χ4n) is 3.86. The fraction of sp³-hybridized carbons (Fsp3) is 0.308. The summed E-state index contributed by atoms with van der Waals surface area (Å²) in [5, 5.41) is 13.1. The van der Waals surface area contributed by atoms with Crippen LogP contribution >= 0.6 is 0 Å². The van der Waals surface area contributed by atoms with Gasteiger partial charge in [0.2, 0.25) is 0 Å². The lowest BCUT2D eigenvalue weighted by Crippen LogP contribution is -2.33. The lowest BCUT2D eigenvalue weighted by molar-refractivity contribution is -0.123. The maximum absolute atomic E-state index is 13.4. The molecule has 0 radical (unpaired) electrons. The largest absolute Gasteiger partial charge is 0.489 e. The van der Waals surface area contributed by atoms with Gasteiger partial charge < -0.3 is 25.1 Å². The molecule has 0 fully saturated rings. The summed E-state index contributed by atoms with van der Waals surface area (Å²) in [6, 6.07) is 8.24. The summed E-state index contributed by atoms with van der Waals surface area (Å²) in [5.74, 6) is -1.82. The molecule has 0 aliphatic heterocycles. The number of aromatic nitrogens is 4. The topological polar surface area (TPSA) is 123 Å². The number of halogens is 5. The van der Waals surface area contributed by atoms with Crippen molar-refractivity contribution in [2.24, 2.45) is 0 Å². The number of ether oxygens (including phenoxy) is 2. The van der Waals surface area contributed by atoms with Gasteiger partial charge in [-0.25, -0.2) is 13.5 Å². The molecule has 2 heterocycles. The van der Waals surface area contributed by atoms with Crippen LogP contribution in [-0.2, 0) is 11.2 Å². The Labute approximate surface area is 229 Å². The zero-order valence-electron chi connectivity index (χ0n) is 21.4. The van der Waals surface area contributed by atoms with E-state index >= 15 is 0 Å². The van der Waals surface area contributed by atoms with Gasteiger partial charge in [0.1, 0.15) is 37.1 Å². The predicted octanol–water partition coefficient (Wildman–Crippen LogP) is 3.52. The fourth-order valence-corrected chi connectivity index (χ4v) is 3.86. The molecule has 0 spiro atoms. The molecule has 0 aliphatic carbocycles. The quantitative estimate of drug-likeness (QED) is 0.164. The molecular weight excluding hydrogens is 555 g/mol. The Hall–Kier alpha value is -4.53. The second-order valence-electron chi connectivity index (χ2n) is 8.69. The van der Waals surface area contributed by atoms with E-state index in [1.54, 1.807) is 17.6 Å². The number of amides is 2. The van der Waals surface area contributed by atoms with Gasteiger partial charge >= 0.3 is 6.18 Å². The van der Waals surface area contributed by atoms with Gasteiger partial charge in [0, 0.05) is 29.2 Å². The van der Waals surface area contributed by atoms with E-state index in [9.17, 15) is 31.5 Å². The molecule has 0 saturated heterocycles. The molecule has 4 rings (SSSR count). The number of rotatable bonds is 13. The average molecular weight is 581 g/mol. The molecule has 0 aliphatic rings. The Morgan fingerprint density at radius 2 is 1.85 bits per heavy atom. The normalized spacial score (nSPS) is 11.5. The molecule has 2 aromatic heterocycles. The maximum Gasteiger partial charge on any atom is 0.405 e. The minimum atomic E-state index is -4.59. The highest BCUT2D eigenvalue weighted by molar-refractivity contribution is 5.95. The standard InChI is InChI=1S/C26H25F5N6O4/c27-6-8-40-9-10-41-23-11-16(24(38)34-15-26(29,30)31)1-4-22(23)37-14-21(35-36-37)25(39)32-7-5-17-13-33-20-12-18(28)2-3-19(17)20/h1-4,11-14,33H,5-10,15H2,(H,32,39)(H,34,38). The van der Waals surface area contributed by atoms with E-state index in [4.69, 9.17) is 9.47 Å². The van der Waals surface area contributed by atoms with Crippen LogP contribution in [0, 0.1) is 5.82 Å². The molecule has 0 atom stereocenters. The summed E-state index contributed by atoms with van der Waals surface area (Å²) in [4.78, 5) is 27.9. The molecular formula is C26H25F5N6O4. The molecule has 0 saturated carbocycles. The number of hydrogen-bond donors (Lipinski definition) is 3. The Balaban J connectivity index is 1.44. The number of fused-ring (bicyclic) bond motifs is 1. The highest BCUT2D eigenvalue weighted by atomic mass is 19.4. The SMILES string of the molecule is O=C(NCC(F)(F)F)c1ccc(-n2cc(C(=O)NCCc3c[nH]c4cc(F)ccc34)nn2)c(OCCOCCF)c1. The first kappa shape index (κ1) is 29.5. The van der Waals surface area contributed by atoms with Crippen LogP contribution in [0.1, 0.15) is 26.4 Å². The van der Waals surface area contributed by atoms with Crippen molar-refractivity contribution in [1.82, 2.24) is 30.6 Å². The van der Waals surface area contributed by atoms with Crippen LogP contribution < -0.4 is 15.4 Å². The molecule has 0 bridgehead atoms. The third kappa shape index (κ3) is 8.00. The lowest BCUT2D eigenvalue weighted by Gasteiger charge is -2.14. The van der Waals surface area contributed by atoms with E-state index < -0.39 is 31.2 Å². The second-order valence-corrected chi connectivity index (χ2v) is 8.69. The Kier molecular flexibility index (Phi) is 9.49. The monoisotopic (exact) mass is 580 g/mol. The highest BCUT2D eigenvalue weighted by Gasteiger charge is 2.28. The summed E-state index contributed by atoms with van der Waals surface area (Å²) in [5.41, 5.74) is 1.62. The van der Waals surface area contributed by atoms with Crippen LogP contribution in [-0.4, -0.2) is 77.6 Å². The average Bonchev–Trinajstić information content (AvgIpc) is 3.58. The van der Waals surface area contributed by atoms with Gasteiger partial charge in [-0.05, 0) is 48.4 Å². The van der Waals surface area contributed by atoms with E-state index in [0.29, 0.717) is 11.9 Å². The number of nitrogens with zero attached hydrogens (tertiary/aromatic N) is 3. The van der Waals surface area contributed by atoms with Gasteiger partial charge in [-0.1, -0.05) is 5.21 Å². The van der Waals surface area contributed by atoms with Gasteiger partial charge in [-0.3, -0.25) is 9.59 Å². The molecule has 2 amide bonds. The van der Waals surface area contributed by atoms with Crippen LogP contribution in [0.15, 0.2) is 48.8 Å². The summed E-state index contributed by atoms with van der Waals surface area (Å²) < 4.78 is 75.1. The predicted molar refractivity (Wildman–Crippen MR) is 136 cm³/mol. The molecule has 15 heteroatoms. The van der Waals surface area contributed by atoms with Crippen molar-refractivity contribution in [3.8, 4) is 11.4 Å². The van der Waals surface area contributed by atoms with Crippen molar-refractivity contribution in [3.63, 3.8) is 0 Å². The minimum Gasteiger partial charge on any atom is -0.489 e. The van der Waals surface area contributed by atoms with Crippen LogP contribution in [0.3, 0.4) is 0 Å². The molecule has 0 unspecified atom stereocenters. The summed E-state index contributed by atoms with van der Waals surface area (Å²) >= 11 is 0. The minimum absolute atomic E-state index is 0.00421. The van der Waals surface area contributed by atoms with Gasteiger partial charge in [0.25, 0.3) is 11.8 Å². The van der Waals surface area contributed by atoms with E-state index in [-0.39, 0.29) is 54.9 Å². The third-order valence-corrected chi connectivity index (χ3v) is 5.76. The van der Waals surface area contributed by atoms with Crippen LogP contribution in [0.25, 0.3) is 16.6 Å². The first-order chi connectivity index (χ1) is 19.6. The van der Waals surface area contributed by atoms with Crippen molar-refractivity contribution in [2.75, 3.05) is 39.6 Å². The summed E-state index contributed by atoms with van der Waals surface area (Å²) in [6.45, 7) is -2.15. The van der Waals surface area contributed by atoms with E-state index in [2.05, 4.69) is 20.6 Å². The van der Waals surface area contributed by atoms with Crippen molar-refractivity contribution >= 4 is 22.7 Å². The number of carbonyl (C=O) groups excluding carboxylic acids is 2. The van der Waals surface area contributed by atoms with Crippen LogP contribution in [0.5, 0.6) is 5.75 Å². The Bertz CT molecular complexity index is 1500. The van der Waals surface area contributed by atoms with Crippen molar-refractivity contribution < 1.29 is 41.0 Å². The molecule has 2 aromatic carbocycles. The van der Waals surface area contributed by atoms with Gasteiger partial charge in [-0.2, -0.15) is 13.2 Å². The Morgan fingerprint density at radius 3 is 2.63 bits per heavy atom. The van der Waals surface area contributed by atoms with E-state index in [0.717, 1.165) is 10.9 Å². The highest BCUT2D eigenvalue weighted by Crippen LogP contribution is 2.25. The van der Waals surface area contributed by atoms with Crippen molar-refractivity contribution in [2.45, 2.75) is 12.6 Å². The number of nitrogens with one attached hydrogen (secondary N) is 3. The molecule has 218 valence electrons. The first-order valence-electron chi connectivity index (χ1n) is 12.4. The summed E-state index contributed by atoms with van der Waals surface area (Å²) in [6.07, 6.45) is -1.07. The van der Waals surface area contributed by atoms with Crippen LogP contribution in [0.4, 0.5) is 22.0 Å². The van der Waals surface area contributed by atoms with E-state index in [1.807, 2.05) is 0 Å². The number of benzene rings is 2. The maximum atomic E-state index is 13.4. The number of alkyl halides is 4. The van der Waals surface area contributed by atoms with Crippen LogP contribution in [0.2, 0.25) is 0 Å². The van der Waals surface area contributed by atoms with Crippen molar-refractivity contribution in [3.05, 3.63) is 71.4 Å². The zero-order chi connectivity index (χ0) is 29.4. The second kappa shape index (κ2) is 13.2. The molecule has 4 aromatic rings. The first-order valence-corrected chi connectivity index (χ1v) is 12.4. The third-order valence-electron chi connectivity index (χ3n) is 5.76. The zero-order valence-corrected chi connectivity index (χ0v) is 21.4. The number of aromatic amines is 1. The number of carbonyl (C=O) groups is 2. The van der Waals surface area contributed by atoms with Crippen molar-refractivity contribution in [1.29, 1.82) is 0 Å². The smallest absolute Gasteiger partial charge is 0.405 e. The lowest BCUT2D eigenvalue weighted by atomic mass is 10.1. The Morgan fingerprint density at radius 1 is 1.02 bits per heavy atom. The van der Waals surface area contributed by atoms with Gasteiger partial charge in [-0.15, -0.1) is 5.10 Å². The molecule has 3 N–H and O–H groups in total. The van der Waals surface area contributed by atoms with Gasteiger partial charge in [0.15, 0.2) is 5.69 Å². The van der Waals surface area contributed by atoms with Gasteiger partial charge in [0.05, 0.1) is 19.4 Å². The number of H-pyrrole nitrogens is 1.